The van der Waals surface area contributed by atoms with Gasteiger partial charge in [-0.15, -0.1) is 0 Å². The lowest BCUT2D eigenvalue weighted by atomic mass is 9.98. The SMILES string of the molecule is C[n+]1c(-c2ccc(Cl)cc2Cl)c2cc(N)ccc2c2ccccc21. The van der Waals surface area contributed by atoms with Gasteiger partial charge >= 0.3 is 0 Å². The van der Waals surface area contributed by atoms with E-state index < -0.39 is 0 Å². The Hall–Kier alpha value is -2.29. The number of fused-ring (bicyclic) bond motifs is 3. The van der Waals surface area contributed by atoms with Crippen LogP contribution < -0.4 is 10.3 Å². The predicted octanol–water partition coefficient (Wildman–Crippen LogP) is 5.37. The average molecular weight is 354 g/mol. The Morgan fingerprint density at radius 2 is 1.62 bits per heavy atom. The summed E-state index contributed by atoms with van der Waals surface area (Å²) in [4.78, 5) is 0. The quantitative estimate of drug-likeness (QED) is 0.278. The highest BCUT2D eigenvalue weighted by molar-refractivity contribution is 6.36. The third-order valence-electron chi connectivity index (χ3n) is 4.38. The second-order valence-corrected chi connectivity index (χ2v) is 6.70. The second-order valence-electron chi connectivity index (χ2n) is 5.85. The maximum Gasteiger partial charge on any atom is 0.222 e. The van der Waals surface area contributed by atoms with Crippen LogP contribution in [0.25, 0.3) is 32.9 Å². The summed E-state index contributed by atoms with van der Waals surface area (Å²) in [5.41, 5.74) is 9.89. The minimum atomic E-state index is 0.621. The molecule has 0 aliphatic rings. The first kappa shape index (κ1) is 15.3. The molecule has 1 heterocycles. The third-order valence-corrected chi connectivity index (χ3v) is 4.92. The number of nitrogen functional groups attached to an aromatic ring is 1. The minimum absolute atomic E-state index is 0.621. The number of anilines is 1. The molecule has 2 N–H and O–H groups in total. The molecule has 0 saturated carbocycles. The maximum atomic E-state index is 6.50. The van der Waals surface area contributed by atoms with Crippen LogP contribution in [0.2, 0.25) is 10.0 Å². The van der Waals surface area contributed by atoms with Crippen LogP contribution in [0, 0.1) is 0 Å². The zero-order chi connectivity index (χ0) is 16.8. The van der Waals surface area contributed by atoms with E-state index in [0.29, 0.717) is 10.0 Å². The van der Waals surface area contributed by atoms with Gasteiger partial charge in [-0.3, -0.25) is 0 Å². The highest BCUT2D eigenvalue weighted by Crippen LogP contribution is 2.36. The van der Waals surface area contributed by atoms with Gasteiger partial charge in [0.05, 0.1) is 21.4 Å². The normalized spacial score (nSPS) is 11.3. The highest BCUT2D eigenvalue weighted by atomic mass is 35.5. The predicted molar refractivity (Wildman–Crippen MR) is 102 cm³/mol. The van der Waals surface area contributed by atoms with Crippen molar-refractivity contribution in [2.45, 2.75) is 0 Å². The molecule has 0 spiro atoms. The van der Waals surface area contributed by atoms with Gasteiger partial charge in [-0.1, -0.05) is 41.4 Å². The van der Waals surface area contributed by atoms with Crippen LogP contribution in [0.15, 0.2) is 60.7 Å². The van der Waals surface area contributed by atoms with Crippen LogP contribution in [-0.2, 0) is 7.05 Å². The molecule has 2 nitrogen and oxygen atoms in total. The van der Waals surface area contributed by atoms with Gasteiger partial charge in [-0.25, -0.2) is 0 Å². The number of hydrogen-bond acceptors (Lipinski definition) is 1. The zero-order valence-corrected chi connectivity index (χ0v) is 14.6. The van der Waals surface area contributed by atoms with Crippen LogP contribution in [0.3, 0.4) is 0 Å². The average Bonchev–Trinajstić information content (AvgIpc) is 2.56. The topological polar surface area (TPSA) is 29.9 Å². The van der Waals surface area contributed by atoms with Crippen molar-refractivity contribution in [1.29, 1.82) is 0 Å². The highest BCUT2D eigenvalue weighted by Gasteiger charge is 2.22. The lowest BCUT2D eigenvalue weighted by molar-refractivity contribution is -0.632. The Morgan fingerprint density at radius 1 is 0.833 bits per heavy atom. The van der Waals surface area contributed by atoms with Gasteiger partial charge in [0.1, 0.15) is 7.05 Å². The first-order chi connectivity index (χ1) is 11.6. The molecule has 1 aromatic heterocycles. The van der Waals surface area contributed by atoms with Crippen molar-refractivity contribution >= 4 is 50.6 Å². The van der Waals surface area contributed by atoms with Crippen molar-refractivity contribution < 1.29 is 4.57 Å². The summed E-state index contributed by atoms with van der Waals surface area (Å²) in [5.74, 6) is 0. The number of halogens is 2. The number of aryl methyl sites for hydroxylation is 1. The maximum absolute atomic E-state index is 6.50. The van der Waals surface area contributed by atoms with E-state index in [4.69, 9.17) is 28.9 Å². The van der Waals surface area contributed by atoms with E-state index in [2.05, 4.69) is 22.8 Å². The summed E-state index contributed by atoms with van der Waals surface area (Å²) >= 11 is 12.6. The molecular weight excluding hydrogens is 339 g/mol. The van der Waals surface area contributed by atoms with Gasteiger partial charge in [-0.05, 0) is 36.4 Å². The van der Waals surface area contributed by atoms with E-state index in [-0.39, 0.29) is 0 Å². The van der Waals surface area contributed by atoms with Crippen molar-refractivity contribution in [1.82, 2.24) is 0 Å². The Bertz CT molecular complexity index is 1100. The largest absolute Gasteiger partial charge is 0.399 e. The van der Waals surface area contributed by atoms with Crippen LogP contribution >= 0.6 is 23.2 Å². The summed E-state index contributed by atoms with van der Waals surface area (Å²) in [6.45, 7) is 0. The standard InChI is InChI=1S/C20H15Cl2N2/c1-24-19-5-3-2-4-15(19)14-9-7-13(23)11-17(14)20(24)16-8-6-12(21)10-18(16)22/h2-11H,23H2,1H3/q+1. The molecule has 0 fully saturated rings. The van der Waals surface area contributed by atoms with E-state index >= 15 is 0 Å². The lowest BCUT2D eigenvalue weighted by Crippen LogP contribution is -2.32. The number of aromatic nitrogens is 1. The Morgan fingerprint density at radius 3 is 2.42 bits per heavy atom. The van der Waals surface area contributed by atoms with Crippen molar-refractivity contribution in [2.24, 2.45) is 7.05 Å². The summed E-state index contributed by atoms with van der Waals surface area (Å²) in [7, 11) is 2.05. The zero-order valence-electron chi connectivity index (χ0n) is 13.1. The Balaban J connectivity index is 2.24. The van der Waals surface area contributed by atoms with Gasteiger partial charge in [0.25, 0.3) is 0 Å². The molecule has 0 bridgehead atoms. The van der Waals surface area contributed by atoms with Crippen LogP contribution in [0.1, 0.15) is 0 Å². The Kier molecular flexibility index (Phi) is 3.60. The first-order valence-electron chi connectivity index (χ1n) is 7.61. The molecule has 24 heavy (non-hydrogen) atoms. The number of nitrogens with zero attached hydrogens (tertiary/aromatic N) is 1. The monoisotopic (exact) mass is 353 g/mol. The number of hydrogen-bond donors (Lipinski definition) is 1. The van der Waals surface area contributed by atoms with Crippen LogP contribution in [0.5, 0.6) is 0 Å². The van der Waals surface area contributed by atoms with Crippen molar-refractivity contribution in [2.75, 3.05) is 5.73 Å². The molecule has 0 amide bonds. The molecule has 0 saturated heterocycles. The fourth-order valence-electron chi connectivity index (χ4n) is 3.29. The van der Waals surface area contributed by atoms with E-state index in [1.54, 1.807) is 6.07 Å². The van der Waals surface area contributed by atoms with E-state index in [9.17, 15) is 0 Å². The minimum Gasteiger partial charge on any atom is -0.399 e. The molecule has 0 unspecified atom stereocenters. The molecule has 0 aliphatic heterocycles. The molecule has 4 rings (SSSR count). The van der Waals surface area contributed by atoms with E-state index in [0.717, 1.165) is 33.2 Å². The molecule has 0 radical (unpaired) electrons. The molecule has 3 aromatic carbocycles. The van der Waals surface area contributed by atoms with E-state index in [1.165, 1.54) is 5.39 Å². The number of nitrogens with two attached hydrogens (primary N) is 1. The number of benzene rings is 3. The molecular formula is C20H15Cl2N2+. The summed E-state index contributed by atoms with van der Waals surface area (Å²) in [6, 6.07) is 19.9. The van der Waals surface area contributed by atoms with Gasteiger partial charge in [0, 0.05) is 22.2 Å². The van der Waals surface area contributed by atoms with E-state index in [1.807, 2.05) is 43.4 Å². The Labute approximate surface area is 150 Å². The smallest absolute Gasteiger partial charge is 0.222 e. The summed E-state index contributed by atoms with van der Waals surface area (Å²) in [5, 5.41) is 4.65. The fraction of sp³-hybridized carbons (Fsp3) is 0.0500. The lowest BCUT2D eigenvalue weighted by Gasteiger charge is -2.11. The van der Waals surface area contributed by atoms with Crippen molar-refractivity contribution in [3.05, 3.63) is 70.7 Å². The molecule has 118 valence electrons. The van der Waals surface area contributed by atoms with Gasteiger partial charge in [0.2, 0.25) is 11.2 Å². The van der Waals surface area contributed by atoms with Crippen LogP contribution in [-0.4, -0.2) is 0 Å². The molecule has 4 aromatic rings. The number of pyridine rings is 1. The van der Waals surface area contributed by atoms with Crippen molar-refractivity contribution in [3.8, 4) is 11.3 Å². The van der Waals surface area contributed by atoms with Crippen LogP contribution in [0.4, 0.5) is 5.69 Å². The summed E-state index contributed by atoms with van der Waals surface area (Å²) < 4.78 is 2.16. The number of para-hydroxylation sites is 1. The summed E-state index contributed by atoms with van der Waals surface area (Å²) in [6.07, 6.45) is 0. The third kappa shape index (κ3) is 2.31. The molecule has 0 atom stereocenters. The first-order valence-corrected chi connectivity index (χ1v) is 8.37. The second kappa shape index (κ2) is 5.66. The van der Waals surface area contributed by atoms with Gasteiger partial charge in [-0.2, -0.15) is 4.57 Å². The molecule has 4 heteroatoms. The van der Waals surface area contributed by atoms with Gasteiger partial charge < -0.3 is 5.73 Å². The van der Waals surface area contributed by atoms with Crippen molar-refractivity contribution in [3.63, 3.8) is 0 Å². The number of rotatable bonds is 1. The fourth-order valence-corrected chi connectivity index (χ4v) is 3.79. The van der Waals surface area contributed by atoms with Gasteiger partial charge in [0.15, 0.2) is 0 Å². The molecule has 0 aliphatic carbocycles.